The van der Waals surface area contributed by atoms with Crippen LogP contribution in [0.2, 0.25) is 0 Å². The van der Waals surface area contributed by atoms with Crippen molar-refractivity contribution in [1.82, 2.24) is 5.32 Å². The Balaban J connectivity index is 1.62. The fourth-order valence-corrected chi connectivity index (χ4v) is 3.75. The summed E-state index contributed by atoms with van der Waals surface area (Å²) in [6, 6.07) is 18.6. The number of carbonyl (C=O) groups is 1. The minimum Gasteiger partial charge on any atom is -0.324 e. The van der Waals surface area contributed by atoms with Gasteiger partial charge in [0.1, 0.15) is 0 Å². The van der Waals surface area contributed by atoms with Crippen molar-refractivity contribution in [2.75, 3.05) is 11.9 Å². The van der Waals surface area contributed by atoms with E-state index in [1.165, 1.54) is 19.3 Å². The molecule has 1 fully saturated rings. The quantitative estimate of drug-likeness (QED) is 0.830. The van der Waals surface area contributed by atoms with E-state index in [0.29, 0.717) is 18.5 Å². The first-order valence-corrected chi connectivity index (χ1v) is 9.33. The van der Waals surface area contributed by atoms with E-state index in [0.717, 1.165) is 22.7 Å². The summed E-state index contributed by atoms with van der Waals surface area (Å²) in [5.74, 6) is 1.38. The molecule has 3 heteroatoms. The predicted octanol–water partition coefficient (Wildman–Crippen LogP) is 4.71. The largest absolute Gasteiger partial charge is 0.324 e. The number of amides is 1. The molecule has 0 heterocycles. The zero-order valence-corrected chi connectivity index (χ0v) is 15.2. The first-order valence-electron chi connectivity index (χ1n) is 9.33. The maximum absolute atomic E-state index is 12.5. The van der Waals surface area contributed by atoms with E-state index in [-0.39, 0.29) is 5.91 Å². The maximum atomic E-state index is 12.5. The first kappa shape index (κ1) is 17.7. The number of carbonyl (C=O) groups excluding carboxylic acids is 1. The van der Waals surface area contributed by atoms with Crippen LogP contribution in [-0.4, -0.2) is 18.5 Å². The van der Waals surface area contributed by atoms with Gasteiger partial charge in [-0.25, -0.2) is 0 Å². The Labute approximate surface area is 150 Å². The van der Waals surface area contributed by atoms with E-state index in [1.54, 1.807) is 0 Å². The van der Waals surface area contributed by atoms with Crippen LogP contribution in [0.1, 0.15) is 33.1 Å². The molecule has 1 saturated carbocycles. The van der Waals surface area contributed by atoms with Crippen molar-refractivity contribution in [3.8, 4) is 11.1 Å². The molecule has 0 saturated heterocycles. The molecule has 132 valence electrons. The van der Waals surface area contributed by atoms with Gasteiger partial charge in [0.25, 0.3) is 0 Å². The van der Waals surface area contributed by atoms with Gasteiger partial charge >= 0.3 is 0 Å². The summed E-state index contributed by atoms with van der Waals surface area (Å²) in [6.07, 6.45) is 3.72. The SMILES string of the molecule is C[C@@H]1[C@H](C)CCC[C@@H]1NCC(=O)Nc1ccccc1-c1ccccc1. The highest BCUT2D eigenvalue weighted by atomic mass is 16.1. The Morgan fingerprint density at radius 1 is 1.00 bits per heavy atom. The van der Waals surface area contributed by atoms with Gasteiger partial charge in [-0.3, -0.25) is 4.79 Å². The van der Waals surface area contributed by atoms with E-state index in [1.807, 2.05) is 42.5 Å². The van der Waals surface area contributed by atoms with Crippen molar-refractivity contribution in [1.29, 1.82) is 0 Å². The molecule has 0 aromatic heterocycles. The molecule has 25 heavy (non-hydrogen) atoms. The molecular weight excluding hydrogens is 308 g/mol. The van der Waals surface area contributed by atoms with Crippen LogP contribution in [0.4, 0.5) is 5.69 Å². The standard InChI is InChI=1S/C22H28N2O/c1-16-9-8-14-20(17(16)2)23-15-22(25)24-21-13-7-6-12-19(21)18-10-4-3-5-11-18/h3-7,10-13,16-17,20,23H,8-9,14-15H2,1-2H3,(H,24,25)/t16-,17-,20+/m1/s1. The van der Waals surface area contributed by atoms with Crippen LogP contribution < -0.4 is 10.6 Å². The summed E-state index contributed by atoms with van der Waals surface area (Å²) in [5, 5.41) is 6.54. The summed E-state index contributed by atoms with van der Waals surface area (Å²) < 4.78 is 0. The van der Waals surface area contributed by atoms with Crippen molar-refractivity contribution in [3.05, 3.63) is 54.6 Å². The minimum atomic E-state index is 0.0220. The number of benzene rings is 2. The van der Waals surface area contributed by atoms with Gasteiger partial charge in [-0.15, -0.1) is 0 Å². The van der Waals surface area contributed by atoms with Crippen LogP contribution in [0, 0.1) is 11.8 Å². The molecule has 1 amide bonds. The van der Waals surface area contributed by atoms with Crippen molar-refractivity contribution < 1.29 is 4.79 Å². The van der Waals surface area contributed by atoms with E-state index in [4.69, 9.17) is 0 Å². The highest BCUT2D eigenvalue weighted by molar-refractivity contribution is 5.96. The molecular formula is C22H28N2O. The second kappa shape index (κ2) is 8.30. The second-order valence-electron chi connectivity index (χ2n) is 7.21. The Morgan fingerprint density at radius 3 is 2.52 bits per heavy atom. The lowest BCUT2D eigenvalue weighted by molar-refractivity contribution is -0.115. The summed E-state index contributed by atoms with van der Waals surface area (Å²) in [5.41, 5.74) is 3.03. The maximum Gasteiger partial charge on any atom is 0.238 e. The van der Waals surface area contributed by atoms with Crippen molar-refractivity contribution >= 4 is 11.6 Å². The average Bonchev–Trinajstić information content (AvgIpc) is 2.64. The predicted molar refractivity (Wildman–Crippen MR) is 104 cm³/mol. The van der Waals surface area contributed by atoms with Gasteiger partial charge in [-0.05, 0) is 29.9 Å². The molecule has 0 bridgehead atoms. The second-order valence-corrected chi connectivity index (χ2v) is 7.21. The van der Waals surface area contributed by atoms with Gasteiger partial charge in [-0.2, -0.15) is 0 Å². The smallest absolute Gasteiger partial charge is 0.238 e. The molecule has 1 aliphatic rings. The molecule has 2 aromatic rings. The molecule has 2 N–H and O–H groups in total. The number of hydrogen-bond acceptors (Lipinski definition) is 2. The van der Waals surface area contributed by atoms with Gasteiger partial charge in [0, 0.05) is 17.3 Å². The lowest BCUT2D eigenvalue weighted by atomic mass is 9.78. The van der Waals surface area contributed by atoms with E-state index < -0.39 is 0 Å². The van der Waals surface area contributed by atoms with E-state index >= 15 is 0 Å². The minimum absolute atomic E-state index is 0.0220. The molecule has 0 spiro atoms. The molecule has 0 unspecified atom stereocenters. The van der Waals surface area contributed by atoms with Gasteiger partial charge in [0.15, 0.2) is 0 Å². The Morgan fingerprint density at radius 2 is 1.72 bits per heavy atom. The number of rotatable bonds is 5. The van der Waals surface area contributed by atoms with E-state index in [9.17, 15) is 4.79 Å². The summed E-state index contributed by atoms with van der Waals surface area (Å²) >= 11 is 0. The van der Waals surface area contributed by atoms with Gasteiger partial charge < -0.3 is 10.6 Å². The van der Waals surface area contributed by atoms with Crippen molar-refractivity contribution in [2.24, 2.45) is 11.8 Å². The summed E-state index contributed by atoms with van der Waals surface area (Å²) in [6.45, 7) is 4.98. The number of nitrogens with one attached hydrogen (secondary N) is 2. The lowest BCUT2D eigenvalue weighted by Gasteiger charge is -2.34. The molecule has 3 rings (SSSR count). The third-order valence-electron chi connectivity index (χ3n) is 5.52. The van der Waals surface area contributed by atoms with Crippen LogP contribution in [0.5, 0.6) is 0 Å². The average molecular weight is 336 g/mol. The normalized spacial score (nSPS) is 23.2. The van der Waals surface area contributed by atoms with Crippen LogP contribution >= 0.6 is 0 Å². The van der Waals surface area contributed by atoms with Crippen molar-refractivity contribution in [2.45, 2.75) is 39.2 Å². The third-order valence-corrected chi connectivity index (χ3v) is 5.52. The lowest BCUT2D eigenvalue weighted by Crippen LogP contribution is -2.43. The zero-order valence-electron chi connectivity index (χ0n) is 15.2. The fourth-order valence-electron chi connectivity index (χ4n) is 3.75. The molecule has 1 aliphatic carbocycles. The van der Waals surface area contributed by atoms with Gasteiger partial charge in [-0.1, -0.05) is 75.2 Å². The van der Waals surface area contributed by atoms with Gasteiger partial charge in [0.05, 0.1) is 6.54 Å². The van der Waals surface area contributed by atoms with Crippen molar-refractivity contribution in [3.63, 3.8) is 0 Å². The Bertz CT molecular complexity index is 698. The van der Waals surface area contributed by atoms with Crippen LogP contribution in [-0.2, 0) is 4.79 Å². The highest BCUT2D eigenvalue weighted by Gasteiger charge is 2.26. The number of para-hydroxylation sites is 1. The fraction of sp³-hybridized carbons (Fsp3) is 0.409. The Kier molecular flexibility index (Phi) is 5.87. The number of hydrogen-bond donors (Lipinski definition) is 2. The zero-order chi connectivity index (χ0) is 17.6. The molecule has 0 aliphatic heterocycles. The first-order chi connectivity index (χ1) is 12.1. The number of anilines is 1. The topological polar surface area (TPSA) is 41.1 Å². The molecule has 0 radical (unpaired) electrons. The molecule has 3 nitrogen and oxygen atoms in total. The van der Waals surface area contributed by atoms with Crippen LogP contribution in [0.3, 0.4) is 0 Å². The van der Waals surface area contributed by atoms with Crippen LogP contribution in [0.25, 0.3) is 11.1 Å². The highest BCUT2D eigenvalue weighted by Crippen LogP contribution is 2.30. The van der Waals surface area contributed by atoms with Gasteiger partial charge in [0.2, 0.25) is 5.91 Å². The molecule has 2 aromatic carbocycles. The molecule has 3 atom stereocenters. The van der Waals surface area contributed by atoms with E-state index in [2.05, 4.69) is 36.6 Å². The summed E-state index contributed by atoms with van der Waals surface area (Å²) in [7, 11) is 0. The summed E-state index contributed by atoms with van der Waals surface area (Å²) in [4.78, 5) is 12.5. The monoisotopic (exact) mass is 336 g/mol. The van der Waals surface area contributed by atoms with Crippen LogP contribution in [0.15, 0.2) is 54.6 Å². The third kappa shape index (κ3) is 4.49. The Hall–Kier alpha value is -2.13.